The van der Waals surface area contributed by atoms with Gasteiger partial charge in [-0.2, -0.15) is 48.6 Å². The number of aromatic hydroxyl groups is 1. The number of aromatic nitrogens is 3. The maximum Gasteiger partial charge on any atom is 0.296 e. The largest absolute Gasteiger partial charge is 0.507 e. The molecule has 26 heteroatoms. The lowest BCUT2D eigenvalue weighted by molar-refractivity contribution is 0.471. The summed E-state index contributed by atoms with van der Waals surface area (Å²) in [6, 6.07) is 10.1. The molecule has 0 bridgehead atoms. The van der Waals surface area contributed by atoms with Crippen LogP contribution < -0.4 is 16.4 Å². The van der Waals surface area contributed by atoms with E-state index in [0.717, 1.165) is 24.3 Å². The number of nitrogens with one attached hydrogen (secondary N) is 2. The lowest BCUT2D eigenvalue weighted by Crippen LogP contribution is -2.07. The molecule has 9 N–H and O–H groups in total. The summed E-state index contributed by atoms with van der Waals surface area (Å²) < 4.78 is 134. The van der Waals surface area contributed by atoms with Gasteiger partial charge < -0.3 is 21.5 Å². The summed E-state index contributed by atoms with van der Waals surface area (Å²) in [7, 11) is -19.8. The second kappa shape index (κ2) is 13.2. The summed E-state index contributed by atoms with van der Waals surface area (Å²) in [4.78, 5) is 8.35. The number of para-hydroxylation sites is 1. The molecule has 4 aromatic carbocycles. The molecule has 0 spiro atoms. The first kappa shape index (κ1) is 37.1. The van der Waals surface area contributed by atoms with E-state index in [4.69, 9.17) is 17.3 Å². The fraction of sp³-hybridized carbons (Fsp3) is 0. The standard InChI is InChI=1S/C25H19ClN8O13S4/c26-23-30-24(32-25(31-23)29-14-3-1-2-4-17(14)49(39,40)41)28-12-5-6-15(18(9-12)50(42,43)44)33-34-22-20-11(8-19(21(22)27)51(45,46)47)7-13(10-16(20)35)48(36,37)38/h1-10,35H,27H2,(H,36,37,38)(H,39,40,41)(H,42,43,44)(H,45,46,47)(H2,28,29,30,31,32). The molecule has 1 heterocycles. The van der Waals surface area contributed by atoms with Crippen molar-refractivity contribution in [2.75, 3.05) is 16.4 Å². The minimum atomic E-state index is -5.12. The van der Waals surface area contributed by atoms with Crippen LogP contribution in [-0.4, -0.2) is 71.9 Å². The third-order valence-corrected chi connectivity index (χ3v) is 10.2. The maximum atomic E-state index is 12.4. The number of hydrogen-bond acceptors (Lipinski definition) is 17. The Morgan fingerprint density at radius 1 is 0.667 bits per heavy atom. The smallest absolute Gasteiger partial charge is 0.296 e. The Bertz CT molecular complexity index is 2750. The third-order valence-electron chi connectivity index (χ3n) is 6.51. The number of fused-ring (bicyclic) bond motifs is 1. The summed E-state index contributed by atoms with van der Waals surface area (Å²) >= 11 is 5.98. The third kappa shape index (κ3) is 8.27. The number of benzene rings is 4. The number of phenols is 1. The van der Waals surface area contributed by atoms with Crippen LogP contribution >= 0.6 is 11.6 Å². The van der Waals surface area contributed by atoms with Crippen LogP contribution in [0.4, 0.5) is 40.3 Å². The van der Waals surface area contributed by atoms with Crippen molar-refractivity contribution in [3.05, 3.63) is 65.9 Å². The number of hydrogen-bond donors (Lipinski definition) is 8. The molecule has 5 aromatic rings. The SMILES string of the molecule is Nc1c(S(=O)(=O)O)cc2cc(S(=O)(=O)O)cc(O)c2c1N=Nc1ccc(Nc2nc(Cl)nc(Nc3ccccc3S(=O)(=O)O)n2)cc1S(=O)(=O)O. The first-order valence-corrected chi connectivity index (χ1v) is 19.3. The first-order valence-electron chi connectivity index (χ1n) is 13.1. The van der Waals surface area contributed by atoms with Crippen LogP contribution in [0.2, 0.25) is 5.28 Å². The minimum Gasteiger partial charge on any atom is -0.507 e. The zero-order valence-corrected chi connectivity index (χ0v) is 28.6. The molecule has 0 aliphatic heterocycles. The van der Waals surface area contributed by atoms with Gasteiger partial charge in [-0.3, -0.25) is 18.2 Å². The molecule has 268 valence electrons. The summed E-state index contributed by atoms with van der Waals surface area (Å²) in [5.74, 6) is -1.56. The summed E-state index contributed by atoms with van der Waals surface area (Å²) in [6.07, 6.45) is 0. The second-order valence-electron chi connectivity index (χ2n) is 9.96. The van der Waals surface area contributed by atoms with Gasteiger partial charge in [0, 0.05) is 11.8 Å². The van der Waals surface area contributed by atoms with Crippen LogP contribution in [0.15, 0.2) is 90.5 Å². The quantitative estimate of drug-likeness (QED) is 0.0564. The van der Waals surface area contributed by atoms with Gasteiger partial charge in [0.15, 0.2) is 0 Å². The molecule has 0 atom stereocenters. The summed E-state index contributed by atoms with van der Waals surface area (Å²) in [5, 5.41) is 21.9. The zero-order valence-electron chi connectivity index (χ0n) is 24.6. The average molecular weight is 803 g/mol. The maximum absolute atomic E-state index is 12.4. The van der Waals surface area contributed by atoms with E-state index in [0.29, 0.717) is 12.1 Å². The molecule has 0 radical (unpaired) electrons. The molecule has 21 nitrogen and oxygen atoms in total. The molecule has 5 rings (SSSR count). The van der Waals surface area contributed by atoms with Crippen LogP contribution in [0.5, 0.6) is 5.75 Å². The van der Waals surface area contributed by atoms with Crippen LogP contribution in [-0.2, 0) is 40.5 Å². The first-order chi connectivity index (χ1) is 23.5. The Labute approximate surface area is 291 Å². The molecular weight excluding hydrogens is 784 g/mol. The Balaban J connectivity index is 1.57. The fourth-order valence-corrected chi connectivity index (χ4v) is 7.07. The van der Waals surface area contributed by atoms with Crippen LogP contribution in [0, 0.1) is 0 Å². The van der Waals surface area contributed by atoms with Gasteiger partial charge in [-0.15, -0.1) is 10.2 Å². The van der Waals surface area contributed by atoms with E-state index in [1.54, 1.807) is 0 Å². The molecule has 0 fully saturated rings. The lowest BCUT2D eigenvalue weighted by Gasteiger charge is -2.13. The Hall–Kier alpha value is -5.12. The highest BCUT2D eigenvalue weighted by atomic mass is 35.5. The van der Waals surface area contributed by atoms with E-state index in [1.165, 1.54) is 24.3 Å². The Morgan fingerprint density at radius 3 is 1.88 bits per heavy atom. The van der Waals surface area contributed by atoms with Gasteiger partial charge in [0.25, 0.3) is 40.5 Å². The summed E-state index contributed by atoms with van der Waals surface area (Å²) in [5.41, 5.74) is 3.53. The molecule has 0 aliphatic rings. The monoisotopic (exact) mass is 802 g/mol. The number of nitrogen functional groups attached to an aromatic ring is 1. The summed E-state index contributed by atoms with van der Waals surface area (Å²) in [6.45, 7) is 0. The number of rotatable bonds is 10. The zero-order chi connectivity index (χ0) is 37.7. The van der Waals surface area contributed by atoms with Gasteiger partial charge in [-0.1, -0.05) is 12.1 Å². The van der Waals surface area contributed by atoms with E-state index in [9.17, 15) is 57.0 Å². The van der Waals surface area contributed by atoms with E-state index in [1.807, 2.05) is 0 Å². The van der Waals surface area contributed by atoms with Gasteiger partial charge in [0.05, 0.1) is 21.7 Å². The molecule has 0 unspecified atom stereocenters. The van der Waals surface area contributed by atoms with Crippen molar-refractivity contribution in [3.63, 3.8) is 0 Å². The predicted octanol–water partition coefficient (Wildman–Crippen LogP) is 3.86. The minimum absolute atomic E-state index is 0.123. The molecule has 51 heavy (non-hydrogen) atoms. The van der Waals surface area contributed by atoms with E-state index < -0.39 is 98.9 Å². The molecule has 0 aliphatic carbocycles. The number of anilines is 5. The topological polar surface area (TPSA) is 351 Å². The van der Waals surface area contributed by atoms with Crippen molar-refractivity contribution < 1.29 is 57.0 Å². The highest BCUT2D eigenvalue weighted by Crippen LogP contribution is 2.44. The van der Waals surface area contributed by atoms with Crippen molar-refractivity contribution in [2.24, 2.45) is 10.2 Å². The number of nitrogens with two attached hydrogens (primary N) is 1. The van der Waals surface area contributed by atoms with Crippen LogP contribution in [0.25, 0.3) is 10.8 Å². The molecule has 0 saturated heterocycles. The van der Waals surface area contributed by atoms with Gasteiger partial charge in [-0.05, 0) is 59.5 Å². The van der Waals surface area contributed by atoms with E-state index >= 15 is 0 Å². The molecule has 0 saturated carbocycles. The van der Waals surface area contributed by atoms with Gasteiger partial charge in [-0.25, -0.2) is 0 Å². The van der Waals surface area contributed by atoms with Crippen molar-refractivity contribution in [2.45, 2.75) is 19.6 Å². The van der Waals surface area contributed by atoms with Crippen molar-refractivity contribution in [3.8, 4) is 5.75 Å². The van der Waals surface area contributed by atoms with Crippen LogP contribution in [0.1, 0.15) is 0 Å². The number of azo groups is 1. The predicted molar refractivity (Wildman–Crippen MR) is 178 cm³/mol. The van der Waals surface area contributed by atoms with Gasteiger partial charge in [0.2, 0.25) is 17.2 Å². The lowest BCUT2D eigenvalue weighted by atomic mass is 10.1. The Morgan fingerprint density at radius 2 is 1.27 bits per heavy atom. The van der Waals surface area contributed by atoms with Gasteiger partial charge in [0.1, 0.15) is 31.8 Å². The molecular formula is C25H19ClN8O13S4. The van der Waals surface area contributed by atoms with Crippen molar-refractivity contribution >= 4 is 103 Å². The Kier molecular flexibility index (Phi) is 9.62. The highest BCUT2D eigenvalue weighted by Gasteiger charge is 2.25. The average Bonchev–Trinajstić information content (AvgIpc) is 2.99. The van der Waals surface area contributed by atoms with E-state index in [2.05, 4.69) is 35.8 Å². The molecule has 0 amide bonds. The highest BCUT2D eigenvalue weighted by molar-refractivity contribution is 7.86. The fourth-order valence-electron chi connectivity index (χ4n) is 4.42. The van der Waals surface area contributed by atoms with E-state index in [-0.39, 0.29) is 23.3 Å². The molecule has 1 aromatic heterocycles. The van der Waals surface area contributed by atoms with Gasteiger partial charge >= 0.3 is 0 Å². The van der Waals surface area contributed by atoms with Crippen molar-refractivity contribution in [1.82, 2.24) is 15.0 Å². The number of phenolic OH excluding ortho intramolecular Hbond substituents is 1. The van der Waals surface area contributed by atoms with Crippen LogP contribution in [0.3, 0.4) is 0 Å². The number of halogens is 1. The number of nitrogens with zero attached hydrogens (tertiary/aromatic N) is 5. The normalized spacial score (nSPS) is 12.7. The second-order valence-corrected chi connectivity index (χ2v) is 15.9. The van der Waals surface area contributed by atoms with Crippen molar-refractivity contribution in [1.29, 1.82) is 0 Å².